The maximum absolute atomic E-state index is 12.5. The van der Waals surface area contributed by atoms with Crippen LogP contribution in [0.4, 0.5) is 0 Å². The molecule has 0 aromatic rings. The van der Waals surface area contributed by atoms with E-state index in [1.165, 1.54) is 51.4 Å². The van der Waals surface area contributed by atoms with E-state index >= 15 is 0 Å². The van der Waals surface area contributed by atoms with E-state index in [2.05, 4.69) is 40.7 Å². The Morgan fingerprint density at radius 1 is 1.06 bits per heavy atom. The second-order valence-electron chi connectivity index (χ2n) is 13.7. The minimum Gasteiger partial charge on any atom is -0.459 e. The van der Waals surface area contributed by atoms with Crippen molar-refractivity contribution in [1.29, 1.82) is 0 Å². The van der Waals surface area contributed by atoms with Crippen LogP contribution in [0.1, 0.15) is 119 Å². The molecule has 0 heterocycles. The van der Waals surface area contributed by atoms with Crippen LogP contribution in [0.25, 0.3) is 0 Å². The fraction of sp³-hybridized carbons (Fsp3) is 0.844. The van der Waals surface area contributed by atoms with Gasteiger partial charge in [0.1, 0.15) is 6.10 Å². The van der Waals surface area contributed by atoms with Crippen molar-refractivity contribution in [3.8, 4) is 0 Å². The third kappa shape index (κ3) is 5.17. The van der Waals surface area contributed by atoms with Gasteiger partial charge in [-0.1, -0.05) is 77.1 Å². The predicted molar refractivity (Wildman–Crippen MR) is 147 cm³/mol. The first-order valence-electron chi connectivity index (χ1n) is 14.7. The van der Waals surface area contributed by atoms with Gasteiger partial charge in [-0.25, -0.2) is 4.79 Å². The van der Waals surface area contributed by atoms with Crippen LogP contribution in [0.15, 0.2) is 22.3 Å². The molecule has 4 rings (SSSR count). The SMILES string of the molecule is C/C(Cl)=C(/C)C(=O)O[C@H]1CC[C@@]2(C)C(=CC[C@H]3[C@H]2CC[C@]2(C)[C@@H]([C@H](C)CCCC(C)C)CC[C@@H]32)C1. The Hall–Kier alpha value is -0.760. The first-order valence-corrected chi connectivity index (χ1v) is 15.1. The highest BCUT2D eigenvalue weighted by Gasteiger charge is 2.59. The van der Waals surface area contributed by atoms with Crippen LogP contribution in [0.3, 0.4) is 0 Å². The second-order valence-corrected chi connectivity index (χ2v) is 14.3. The molecular formula is C32H51ClO2. The summed E-state index contributed by atoms with van der Waals surface area (Å²) in [6, 6.07) is 0. The largest absolute Gasteiger partial charge is 0.459 e. The molecule has 3 saturated carbocycles. The Labute approximate surface area is 220 Å². The molecule has 0 unspecified atom stereocenters. The number of ether oxygens (including phenoxy) is 1. The fourth-order valence-electron chi connectivity index (χ4n) is 9.13. The molecule has 4 aliphatic carbocycles. The van der Waals surface area contributed by atoms with Crippen molar-refractivity contribution < 1.29 is 9.53 Å². The summed E-state index contributed by atoms with van der Waals surface area (Å²) in [7, 11) is 0. The average Bonchev–Trinajstić information content (AvgIpc) is 3.15. The number of esters is 1. The summed E-state index contributed by atoms with van der Waals surface area (Å²) in [5.74, 6) is 4.91. The zero-order chi connectivity index (χ0) is 25.5. The van der Waals surface area contributed by atoms with Gasteiger partial charge < -0.3 is 4.74 Å². The first-order chi connectivity index (χ1) is 16.5. The number of halogens is 1. The lowest BCUT2D eigenvalue weighted by Crippen LogP contribution is -2.51. The van der Waals surface area contributed by atoms with Gasteiger partial charge in [-0.15, -0.1) is 0 Å². The summed E-state index contributed by atoms with van der Waals surface area (Å²) in [6.07, 6.45) is 16.8. The topological polar surface area (TPSA) is 26.3 Å². The van der Waals surface area contributed by atoms with E-state index < -0.39 is 0 Å². The number of hydrogen-bond acceptors (Lipinski definition) is 2. The van der Waals surface area contributed by atoms with Crippen LogP contribution in [-0.4, -0.2) is 12.1 Å². The lowest BCUT2D eigenvalue weighted by atomic mass is 9.47. The van der Waals surface area contributed by atoms with Gasteiger partial charge in [0.05, 0.1) is 0 Å². The monoisotopic (exact) mass is 502 g/mol. The minimum atomic E-state index is -0.242. The predicted octanol–water partition coefficient (Wildman–Crippen LogP) is 9.47. The lowest BCUT2D eigenvalue weighted by Gasteiger charge is -2.58. The van der Waals surface area contributed by atoms with E-state index in [4.69, 9.17) is 16.3 Å². The first kappa shape index (κ1) is 27.3. The Bertz CT molecular complexity index is 852. The van der Waals surface area contributed by atoms with Crippen molar-refractivity contribution in [1.82, 2.24) is 0 Å². The van der Waals surface area contributed by atoms with E-state index in [1.807, 2.05) is 0 Å². The van der Waals surface area contributed by atoms with Crippen LogP contribution >= 0.6 is 11.6 Å². The number of rotatable bonds is 7. The molecule has 0 spiro atoms. The maximum atomic E-state index is 12.5. The summed E-state index contributed by atoms with van der Waals surface area (Å²) < 4.78 is 5.90. The third-order valence-corrected chi connectivity index (χ3v) is 11.6. The summed E-state index contributed by atoms with van der Waals surface area (Å²) in [5, 5.41) is 0.532. The number of carbonyl (C=O) groups is 1. The molecule has 0 aromatic heterocycles. The Morgan fingerprint density at radius 3 is 2.49 bits per heavy atom. The smallest absolute Gasteiger partial charge is 0.335 e. The summed E-state index contributed by atoms with van der Waals surface area (Å²) >= 11 is 6.04. The van der Waals surface area contributed by atoms with Gasteiger partial charge in [0, 0.05) is 17.0 Å². The molecule has 35 heavy (non-hydrogen) atoms. The van der Waals surface area contributed by atoms with Gasteiger partial charge >= 0.3 is 5.97 Å². The number of carbonyl (C=O) groups excluding carboxylic acids is 1. The molecule has 0 bridgehead atoms. The van der Waals surface area contributed by atoms with Crippen LogP contribution in [0.2, 0.25) is 0 Å². The molecule has 8 atom stereocenters. The van der Waals surface area contributed by atoms with Crippen LogP contribution in [0.5, 0.6) is 0 Å². The van der Waals surface area contributed by atoms with E-state index in [1.54, 1.807) is 19.4 Å². The van der Waals surface area contributed by atoms with Crippen LogP contribution < -0.4 is 0 Å². The van der Waals surface area contributed by atoms with Gasteiger partial charge in [-0.05, 0) is 105 Å². The maximum Gasteiger partial charge on any atom is 0.335 e. The molecule has 0 aromatic carbocycles. The van der Waals surface area contributed by atoms with E-state index in [0.717, 1.165) is 54.8 Å². The molecule has 0 N–H and O–H groups in total. The highest BCUT2D eigenvalue weighted by Crippen LogP contribution is 2.67. The Kier molecular flexibility index (Phi) is 8.22. The second kappa shape index (κ2) is 10.5. The average molecular weight is 503 g/mol. The van der Waals surface area contributed by atoms with Crippen LogP contribution in [0, 0.1) is 46.3 Å². The molecule has 2 nitrogen and oxygen atoms in total. The van der Waals surface area contributed by atoms with Crippen molar-refractivity contribution in [2.45, 2.75) is 125 Å². The Morgan fingerprint density at radius 2 is 1.80 bits per heavy atom. The zero-order valence-electron chi connectivity index (χ0n) is 23.6. The number of allylic oxidation sites excluding steroid dienone is 2. The molecule has 198 valence electrons. The minimum absolute atomic E-state index is 0.000692. The third-order valence-electron chi connectivity index (χ3n) is 11.4. The molecule has 4 aliphatic rings. The van der Waals surface area contributed by atoms with Gasteiger partial charge in [-0.3, -0.25) is 0 Å². The van der Waals surface area contributed by atoms with Gasteiger partial charge in [0.25, 0.3) is 0 Å². The summed E-state index contributed by atoms with van der Waals surface area (Å²) in [4.78, 5) is 12.5. The summed E-state index contributed by atoms with van der Waals surface area (Å²) in [5.41, 5.74) is 2.95. The van der Waals surface area contributed by atoms with E-state index in [-0.39, 0.29) is 12.1 Å². The lowest BCUT2D eigenvalue weighted by molar-refractivity contribution is -0.146. The molecule has 0 aliphatic heterocycles. The molecule has 0 radical (unpaired) electrons. The fourth-order valence-corrected chi connectivity index (χ4v) is 9.21. The molecule has 3 fully saturated rings. The quantitative estimate of drug-likeness (QED) is 0.197. The van der Waals surface area contributed by atoms with E-state index in [0.29, 0.717) is 21.4 Å². The Balaban J connectivity index is 1.44. The summed E-state index contributed by atoms with van der Waals surface area (Å²) in [6.45, 7) is 16.0. The molecule has 0 amide bonds. The van der Waals surface area contributed by atoms with Crippen molar-refractivity contribution in [2.75, 3.05) is 0 Å². The zero-order valence-corrected chi connectivity index (χ0v) is 24.3. The van der Waals surface area contributed by atoms with Gasteiger partial charge in [0.15, 0.2) is 0 Å². The molecular weight excluding hydrogens is 452 g/mol. The highest BCUT2D eigenvalue weighted by atomic mass is 35.5. The van der Waals surface area contributed by atoms with Crippen molar-refractivity contribution in [3.05, 3.63) is 22.3 Å². The standard InChI is InChI=1S/C32H51ClO2/c1-20(2)9-8-10-21(3)27-13-14-28-26-12-11-24-19-25(35-30(34)22(4)23(5)33)15-17-31(24,6)29(26)16-18-32(27,28)7/h11,20-21,25-29H,8-10,12-19H2,1-7H3/b23-22+/t21-,25+,26-,27-,28+,29-,31+,32-/m1/s1. The van der Waals surface area contributed by atoms with Crippen molar-refractivity contribution in [3.63, 3.8) is 0 Å². The van der Waals surface area contributed by atoms with Crippen molar-refractivity contribution >= 4 is 17.6 Å². The normalized spacial score (nSPS) is 40.3. The van der Waals surface area contributed by atoms with Gasteiger partial charge in [-0.2, -0.15) is 0 Å². The van der Waals surface area contributed by atoms with Crippen LogP contribution in [-0.2, 0) is 9.53 Å². The number of fused-ring (bicyclic) bond motifs is 5. The van der Waals surface area contributed by atoms with Gasteiger partial charge in [0.2, 0.25) is 0 Å². The highest BCUT2D eigenvalue weighted by molar-refractivity contribution is 6.31. The van der Waals surface area contributed by atoms with Crippen molar-refractivity contribution in [2.24, 2.45) is 46.3 Å². The molecule has 0 saturated heterocycles. The van der Waals surface area contributed by atoms with E-state index in [9.17, 15) is 4.79 Å². The molecule has 3 heteroatoms. The number of hydrogen-bond donors (Lipinski definition) is 0.